The van der Waals surface area contributed by atoms with Crippen LogP contribution < -0.4 is 0 Å². The van der Waals surface area contributed by atoms with Crippen LogP contribution in [0.5, 0.6) is 0 Å². The lowest BCUT2D eigenvalue weighted by atomic mass is 10.0. The van der Waals surface area contributed by atoms with Crippen molar-refractivity contribution < 1.29 is 34.2 Å². The van der Waals surface area contributed by atoms with E-state index in [1.54, 1.807) is 20.8 Å². The molecule has 3 atom stereocenters. The van der Waals surface area contributed by atoms with Crippen LogP contribution in [0.3, 0.4) is 0 Å². The van der Waals surface area contributed by atoms with Crippen molar-refractivity contribution in [2.24, 2.45) is 17.8 Å². The Morgan fingerprint density at radius 2 is 0.868 bits per heavy atom. The van der Waals surface area contributed by atoms with Gasteiger partial charge >= 0.3 is 17.9 Å². The molecule has 0 saturated carbocycles. The number of hydrogen-bond donors (Lipinski definition) is 3. The van der Waals surface area contributed by atoms with Gasteiger partial charge in [0.15, 0.2) is 0 Å². The van der Waals surface area contributed by atoms with E-state index in [4.69, 9.17) is 0 Å². The molecule has 0 amide bonds. The maximum Gasteiger partial charge on any atom is 0.311 e. The first-order valence-electron chi connectivity index (χ1n) is 15.2. The van der Waals surface area contributed by atoms with Gasteiger partial charge in [-0.05, 0) is 40.0 Å². The summed E-state index contributed by atoms with van der Waals surface area (Å²) < 4.78 is 0.195. The molecule has 0 aliphatic heterocycles. The molecule has 7 heteroatoms. The highest BCUT2D eigenvalue weighted by molar-refractivity contribution is 5.70. The van der Waals surface area contributed by atoms with Gasteiger partial charge in [-0.3, -0.25) is 14.4 Å². The van der Waals surface area contributed by atoms with Gasteiger partial charge in [-0.15, -0.1) is 0 Å². The molecule has 7 nitrogen and oxygen atoms in total. The number of rotatable bonds is 26. The number of nitrogens with zero attached hydrogens (tertiary/aromatic N) is 1. The molecule has 0 saturated heterocycles. The quantitative estimate of drug-likeness (QED) is 0.0599. The van der Waals surface area contributed by atoms with Crippen molar-refractivity contribution in [3.8, 4) is 0 Å². The molecule has 0 aromatic heterocycles. The number of carboxylic acid groups (broad SMARTS) is 3. The lowest BCUT2D eigenvalue weighted by Crippen LogP contribution is -2.57. The molecule has 0 fully saturated rings. The fourth-order valence-electron chi connectivity index (χ4n) is 5.36. The summed E-state index contributed by atoms with van der Waals surface area (Å²) in [6.45, 7) is 8.35. The minimum Gasteiger partial charge on any atom is -0.481 e. The van der Waals surface area contributed by atoms with Crippen LogP contribution in [0, 0.1) is 17.8 Å². The molecule has 3 unspecified atom stereocenters. The lowest BCUT2D eigenvalue weighted by molar-refractivity contribution is -0.934. The van der Waals surface area contributed by atoms with Gasteiger partial charge in [-0.2, -0.15) is 0 Å². The largest absolute Gasteiger partial charge is 0.481 e. The van der Waals surface area contributed by atoms with E-state index >= 15 is 0 Å². The summed E-state index contributed by atoms with van der Waals surface area (Å²) in [5.74, 6) is -4.88. The van der Waals surface area contributed by atoms with E-state index in [9.17, 15) is 29.7 Å². The van der Waals surface area contributed by atoms with Crippen LogP contribution in [0.4, 0.5) is 0 Å². The second kappa shape index (κ2) is 22.0. The van der Waals surface area contributed by atoms with E-state index in [2.05, 4.69) is 19.1 Å². The van der Waals surface area contributed by atoms with E-state index in [1.807, 2.05) is 0 Å². The van der Waals surface area contributed by atoms with Crippen LogP contribution in [0.2, 0.25) is 0 Å². The Bertz CT molecular complexity index is 622. The first-order valence-corrected chi connectivity index (χ1v) is 15.2. The van der Waals surface area contributed by atoms with E-state index < -0.39 is 35.7 Å². The molecule has 0 aliphatic carbocycles. The predicted octanol–water partition coefficient (Wildman–Crippen LogP) is 7.39. The first kappa shape index (κ1) is 36.1. The van der Waals surface area contributed by atoms with E-state index in [0.29, 0.717) is 6.54 Å². The van der Waals surface area contributed by atoms with Crippen molar-refractivity contribution in [1.82, 2.24) is 0 Å². The molecular weight excluding hydrogens is 482 g/mol. The molecule has 0 spiro atoms. The Morgan fingerprint density at radius 3 is 1.21 bits per heavy atom. The Hall–Kier alpha value is -1.89. The third-order valence-electron chi connectivity index (χ3n) is 7.64. The van der Waals surface area contributed by atoms with E-state index in [1.165, 1.54) is 77.0 Å². The van der Waals surface area contributed by atoms with Gasteiger partial charge in [0.1, 0.15) is 17.8 Å². The number of carboxylic acids is 3. The van der Waals surface area contributed by atoms with Crippen LogP contribution in [-0.2, 0) is 14.4 Å². The maximum atomic E-state index is 11.6. The second-order valence-electron chi connectivity index (χ2n) is 11.6. The van der Waals surface area contributed by atoms with Crippen molar-refractivity contribution >= 4 is 17.9 Å². The summed E-state index contributed by atoms with van der Waals surface area (Å²) in [5, 5.41) is 28.5. The molecule has 0 bridgehead atoms. The predicted molar refractivity (Wildman–Crippen MR) is 154 cm³/mol. The van der Waals surface area contributed by atoms with Crippen LogP contribution in [0.15, 0.2) is 12.2 Å². The van der Waals surface area contributed by atoms with Crippen LogP contribution in [0.25, 0.3) is 0 Å². The normalized spacial score (nSPS) is 15.7. The molecule has 38 heavy (non-hydrogen) atoms. The summed E-state index contributed by atoms with van der Waals surface area (Å²) in [4.78, 5) is 34.8. The average molecular weight is 541 g/mol. The highest BCUT2D eigenvalue weighted by Gasteiger charge is 2.38. The average Bonchev–Trinajstić information content (AvgIpc) is 2.85. The number of quaternary nitrogens is 1. The van der Waals surface area contributed by atoms with E-state index in [0.717, 1.165) is 19.3 Å². The highest BCUT2D eigenvalue weighted by Crippen LogP contribution is 2.21. The van der Waals surface area contributed by atoms with Crippen molar-refractivity contribution in [1.29, 1.82) is 0 Å². The van der Waals surface area contributed by atoms with Gasteiger partial charge in [0.05, 0.1) is 26.2 Å². The second-order valence-corrected chi connectivity index (χ2v) is 11.6. The Kier molecular flexibility index (Phi) is 20.9. The van der Waals surface area contributed by atoms with Gasteiger partial charge < -0.3 is 19.8 Å². The smallest absolute Gasteiger partial charge is 0.311 e. The zero-order valence-electron chi connectivity index (χ0n) is 24.8. The zero-order chi connectivity index (χ0) is 28.8. The molecule has 3 N–H and O–H groups in total. The Balaban J connectivity index is 4.51. The molecule has 0 aliphatic rings. The third kappa shape index (κ3) is 18.4. The highest BCUT2D eigenvalue weighted by atomic mass is 16.4. The monoisotopic (exact) mass is 540 g/mol. The van der Waals surface area contributed by atoms with Gasteiger partial charge in [0, 0.05) is 6.42 Å². The number of carbonyl (C=O) groups is 3. The van der Waals surface area contributed by atoms with Gasteiger partial charge in [-0.1, -0.05) is 89.7 Å². The van der Waals surface area contributed by atoms with Crippen molar-refractivity contribution in [3.05, 3.63) is 12.2 Å². The minimum atomic E-state index is -0.944. The molecule has 0 aromatic carbocycles. The number of aliphatic carboxylic acids is 3. The fourth-order valence-corrected chi connectivity index (χ4v) is 5.36. The topological polar surface area (TPSA) is 112 Å². The van der Waals surface area contributed by atoms with Crippen LogP contribution in [0.1, 0.15) is 124 Å². The number of allylic oxidation sites excluding steroid dienone is 2. The maximum absolute atomic E-state index is 11.6. The molecule has 222 valence electrons. The summed E-state index contributed by atoms with van der Waals surface area (Å²) in [5.41, 5.74) is 0. The van der Waals surface area contributed by atoms with Crippen molar-refractivity contribution in [3.63, 3.8) is 0 Å². The molecule has 0 rings (SSSR count). The SMILES string of the molecule is CCCCCCCCCCCCCC/C=C/CCC[N+](CC(C)C(=O)O)(CC(C)C(=O)O)CC(C)C(=O)O. The summed E-state index contributed by atoms with van der Waals surface area (Å²) >= 11 is 0. The standard InChI is InChI=1S/C31H57NO6/c1-5-6-7-8-9-10-11-12-13-14-15-16-17-18-19-20-21-22-32(23-26(2)29(33)34,24-27(3)30(35)36)25-28(4)31(37)38/h18-19,26-28H,5-17,20-25H2,1-4H3,(H2-,33,34,35,36,37,38)/p+1/b19-18+. The van der Waals surface area contributed by atoms with Crippen molar-refractivity contribution in [2.45, 2.75) is 124 Å². The van der Waals surface area contributed by atoms with Gasteiger partial charge in [-0.25, -0.2) is 0 Å². The van der Waals surface area contributed by atoms with Crippen molar-refractivity contribution in [2.75, 3.05) is 26.2 Å². The first-order chi connectivity index (χ1) is 18.0. The molecule has 0 heterocycles. The lowest BCUT2D eigenvalue weighted by Gasteiger charge is -2.42. The van der Waals surface area contributed by atoms with Crippen LogP contribution in [-0.4, -0.2) is 63.9 Å². The Morgan fingerprint density at radius 1 is 0.553 bits per heavy atom. The summed E-state index contributed by atoms with van der Waals surface area (Å²) in [6, 6.07) is 0. The zero-order valence-corrected chi connectivity index (χ0v) is 24.8. The minimum absolute atomic E-state index is 0.195. The third-order valence-corrected chi connectivity index (χ3v) is 7.64. The Labute approximate surface area is 232 Å². The summed E-state index contributed by atoms with van der Waals surface area (Å²) in [7, 11) is 0. The fraction of sp³-hybridized carbons (Fsp3) is 0.839. The number of hydrogen-bond acceptors (Lipinski definition) is 3. The molecular formula is C31H58NO6+. The van der Waals surface area contributed by atoms with Crippen LogP contribution >= 0.6 is 0 Å². The van der Waals surface area contributed by atoms with Gasteiger partial charge in [0.2, 0.25) is 0 Å². The van der Waals surface area contributed by atoms with Gasteiger partial charge in [0.25, 0.3) is 0 Å². The number of unbranched alkanes of at least 4 members (excludes halogenated alkanes) is 13. The van der Waals surface area contributed by atoms with E-state index in [-0.39, 0.29) is 24.1 Å². The molecule has 0 radical (unpaired) electrons. The molecule has 0 aromatic rings. The summed E-state index contributed by atoms with van der Waals surface area (Å²) in [6.07, 6.45) is 23.1.